The molecule has 330 valence electrons. The Kier molecular flexibility index (Phi) is 16.1. The molecule has 9 N–H and O–H groups in total. The van der Waals surface area contributed by atoms with Crippen molar-refractivity contribution in [1.29, 1.82) is 5.41 Å². The molecule has 0 radical (unpaired) electrons. The van der Waals surface area contributed by atoms with Gasteiger partial charge in [-0.1, -0.05) is 110 Å². The zero-order valence-corrected chi connectivity index (χ0v) is 35.1. The fourth-order valence-electron chi connectivity index (χ4n) is 9.41. The van der Waals surface area contributed by atoms with Gasteiger partial charge in [0.25, 0.3) is 0 Å². The second kappa shape index (κ2) is 22.0. The molecule has 3 fully saturated rings. The van der Waals surface area contributed by atoms with Crippen LogP contribution < -0.4 is 32.3 Å². The predicted octanol–water partition coefficient (Wildman–Crippen LogP) is 3.33. The molecule has 15 nitrogen and oxygen atoms in total. The quantitative estimate of drug-likeness (QED) is 0.0652. The predicted molar refractivity (Wildman–Crippen MR) is 233 cm³/mol. The number of nitrogens with one attached hydrogen (secondary N) is 6. The van der Waals surface area contributed by atoms with E-state index in [1.807, 2.05) is 91.0 Å². The van der Waals surface area contributed by atoms with Gasteiger partial charge in [-0.25, -0.2) is 0 Å². The van der Waals surface area contributed by atoms with Crippen LogP contribution in [0.2, 0.25) is 0 Å². The van der Waals surface area contributed by atoms with Crippen LogP contribution in [0.15, 0.2) is 91.0 Å². The highest BCUT2D eigenvalue weighted by atomic mass is 16.4. The molecule has 3 aromatic rings. The van der Waals surface area contributed by atoms with E-state index in [1.54, 1.807) is 4.90 Å². The number of carboxylic acid groups (broad SMARTS) is 1. The third-order valence-electron chi connectivity index (χ3n) is 12.5. The molecule has 0 aromatic heterocycles. The van der Waals surface area contributed by atoms with E-state index in [1.165, 1.54) is 0 Å². The smallest absolute Gasteiger partial charge is 0.305 e. The zero-order chi connectivity index (χ0) is 44.0. The molecule has 2 aliphatic heterocycles. The van der Waals surface area contributed by atoms with Crippen LogP contribution >= 0.6 is 0 Å². The van der Waals surface area contributed by atoms with Crippen molar-refractivity contribution < 1.29 is 33.9 Å². The van der Waals surface area contributed by atoms with E-state index in [2.05, 4.69) is 26.6 Å². The molecule has 3 unspecified atom stereocenters. The number of nitrogens with zero attached hydrogens (tertiary/aromatic N) is 1. The van der Waals surface area contributed by atoms with Gasteiger partial charge in [0.05, 0.1) is 6.42 Å². The summed E-state index contributed by atoms with van der Waals surface area (Å²) in [7, 11) is 0. The molecular formula is C47H60N8O7. The number of carboxylic acids is 1. The first-order valence-electron chi connectivity index (χ1n) is 21.9. The van der Waals surface area contributed by atoms with Crippen molar-refractivity contribution in [2.24, 2.45) is 17.6 Å². The Morgan fingerprint density at radius 1 is 0.726 bits per heavy atom. The average Bonchev–Trinajstić information content (AvgIpc) is 3.65. The van der Waals surface area contributed by atoms with Gasteiger partial charge >= 0.3 is 5.97 Å². The first kappa shape index (κ1) is 45.3. The van der Waals surface area contributed by atoms with Gasteiger partial charge in [0.1, 0.15) is 24.2 Å². The standard InChI is InChI=1S/C47H60N8O7/c48-47(49)51-26-24-36(44(60)54-38(29-41(56)57)43(59)50-25-23-35(31-15-7-2-8-16-31)32-17-9-3-10-18-32)52-45(61)40-28-34(27-30-13-5-1-6-14-30)39-22-21-37(46(62)55(39)40)53-42(58)33-19-11-4-12-20-33/h1-3,5-10,13-18,33-40H,4,11-12,19-29H2,(H,50,59)(H,52,61)(H,53,58)(H,54,60)(H,56,57)(H4,48,49,51)/t34-,36+,37?,38?,39+,40?/m1/s1. The van der Waals surface area contributed by atoms with Gasteiger partial charge in [-0.3, -0.25) is 34.2 Å². The van der Waals surface area contributed by atoms with Gasteiger partial charge in [-0.15, -0.1) is 0 Å². The lowest BCUT2D eigenvalue weighted by Crippen LogP contribution is -2.61. The first-order valence-corrected chi connectivity index (χ1v) is 21.9. The van der Waals surface area contributed by atoms with Crippen molar-refractivity contribution in [2.45, 2.75) is 113 Å². The van der Waals surface area contributed by atoms with Crippen LogP contribution in [-0.2, 0) is 35.2 Å². The normalized spacial score (nSPS) is 20.9. The summed E-state index contributed by atoms with van der Waals surface area (Å²) < 4.78 is 0. The summed E-state index contributed by atoms with van der Waals surface area (Å²) in [6, 6.07) is 24.7. The molecular weight excluding hydrogens is 789 g/mol. The Balaban J connectivity index is 1.16. The highest BCUT2D eigenvalue weighted by Gasteiger charge is 2.51. The minimum Gasteiger partial charge on any atom is -0.481 e. The lowest BCUT2D eigenvalue weighted by Gasteiger charge is -2.39. The van der Waals surface area contributed by atoms with Gasteiger partial charge in [0, 0.05) is 31.0 Å². The number of carbonyl (C=O) groups is 6. The topological polar surface area (TPSA) is 236 Å². The second-order valence-corrected chi connectivity index (χ2v) is 16.8. The van der Waals surface area contributed by atoms with Crippen molar-refractivity contribution in [3.63, 3.8) is 0 Å². The molecule has 1 saturated carbocycles. The molecule has 15 heteroatoms. The molecule has 6 rings (SSSR count). The maximum absolute atomic E-state index is 14.4. The van der Waals surface area contributed by atoms with E-state index in [-0.39, 0.29) is 61.1 Å². The number of hydrogen-bond acceptors (Lipinski definition) is 7. The summed E-state index contributed by atoms with van der Waals surface area (Å²) in [5.41, 5.74) is 8.68. The SMILES string of the molecule is N=C(N)NCC[C@H](NC(=O)C1C[C@@H](Cc2ccccc2)[C@@H]2CCC(NC(=O)C3CCCCC3)C(=O)N12)C(=O)NC(CC(=O)O)C(=O)NCCC(c1ccccc1)c1ccccc1. The van der Waals surface area contributed by atoms with Crippen LogP contribution in [0, 0.1) is 17.2 Å². The zero-order valence-electron chi connectivity index (χ0n) is 35.1. The minimum atomic E-state index is -1.48. The molecule has 5 amide bonds. The van der Waals surface area contributed by atoms with Crippen LogP contribution in [0.1, 0.15) is 93.2 Å². The number of nitrogens with two attached hydrogens (primary N) is 1. The fourth-order valence-corrected chi connectivity index (χ4v) is 9.41. The van der Waals surface area contributed by atoms with E-state index >= 15 is 0 Å². The van der Waals surface area contributed by atoms with Gasteiger partial charge in [0.15, 0.2) is 5.96 Å². The Bertz CT molecular complexity index is 1970. The highest BCUT2D eigenvalue weighted by Crippen LogP contribution is 2.39. The van der Waals surface area contributed by atoms with Gasteiger partial charge < -0.3 is 42.3 Å². The minimum absolute atomic E-state index is 0.00824. The third-order valence-corrected chi connectivity index (χ3v) is 12.5. The van der Waals surface area contributed by atoms with Crippen LogP contribution in [0.4, 0.5) is 0 Å². The Labute approximate surface area is 362 Å². The van der Waals surface area contributed by atoms with Crippen LogP contribution in [0.3, 0.4) is 0 Å². The number of aliphatic carboxylic acids is 1. The number of guanidine groups is 1. The number of fused-ring (bicyclic) bond motifs is 1. The number of amides is 5. The fraction of sp³-hybridized carbons (Fsp3) is 0.468. The molecule has 62 heavy (non-hydrogen) atoms. The maximum atomic E-state index is 14.4. The Hall–Kier alpha value is -6.25. The average molecular weight is 849 g/mol. The molecule has 0 bridgehead atoms. The number of carbonyl (C=O) groups excluding carboxylic acids is 5. The monoisotopic (exact) mass is 848 g/mol. The highest BCUT2D eigenvalue weighted by molar-refractivity contribution is 5.97. The molecule has 0 spiro atoms. The van der Waals surface area contributed by atoms with Crippen molar-refractivity contribution in [3.05, 3.63) is 108 Å². The number of hydrogen-bond donors (Lipinski definition) is 8. The summed E-state index contributed by atoms with van der Waals surface area (Å²) >= 11 is 0. The molecule has 2 heterocycles. The summed E-state index contributed by atoms with van der Waals surface area (Å²) in [5, 5.41) is 31.2. The number of rotatable bonds is 19. The van der Waals surface area contributed by atoms with Gasteiger partial charge in [0.2, 0.25) is 29.5 Å². The summed E-state index contributed by atoms with van der Waals surface area (Å²) in [6.45, 7) is 0.173. The summed E-state index contributed by atoms with van der Waals surface area (Å²) in [6.07, 6.45) is 6.26. The van der Waals surface area contributed by atoms with Crippen LogP contribution in [0.25, 0.3) is 0 Å². The van der Waals surface area contributed by atoms with Crippen molar-refractivity contribution >= 4 is 41.5 Å². The largest absolute Gasteiger partial charge is 0.481 e. The molecule has 3 aromatic carbocycles. The van der Waals surface area contributed by atoms with Crippen molar-refractivity contribution in [1.82, 2.24) is 31.5 Å². The summed E-state index contributed by atoms with van der Waals surface area (Å²) in [5.74, 6) is -4.52. The van der Waals surface area contributed by atoms with Crippen LogP contribution in [0.5, 0.6) is 0 Å². The lowest BCUT2D eigenvalue weighted by atomic mass is 9.86. The third kappa shape index (κ3) is 12.2. The van der Waals surface area contributed by atoms with E-state index in [0.717, 1.165) is 48.8 Å². The Morgan fingerprint density at radius 3 is 1.95 bits per heavy atom. The van der Waals surface area contributed by atoms with Gasteiger partial charge in [-0.2, -0.15) is 0 Å². The number of piperidine rings is 1. The number of benzene rings is 3. The molecule has 3 aliphatic rings. The van der Waals surface area contributed by atoms with E-state index in [0.29, 0.717) is 32.1 Å². The van der Waals surface area contributed by atoms with Crippen molar-refractivity contribution in [3.8, 4) is 0 Å². The van der Waals surface area contributed by atoms with Crippen LogP contribution in [-0.4, -0.2) is 94.8 Å². The first-order chi connectivity index (χ1) is 30.0. The second-order valence-electron chi connectivity index (χ2n) is 16.8. The molecule has 1 aliphatic carbocycles. The summed E-state index contributed by atoms with van der Waals surface area (Å²) in [4.78, 5) is 83.3. The van der Waals surface area contributed by atoms with Gasteiger partial charge in [-0.05, 0) is 74.0 Å². The van der Waals surface area contributed by atoms with E-state index in [4.69, 9.17) is 11.1 Å². The maximum Gasteiger partial charge on any atom is 0.305 e. The lowest BCUT2D eigenvalue weighted by molar-refractivity contribution is -0.147. The molecule has 6 atom stereocenters. The van der Waals surface area contributed by atoms with E-state index < -0.39 is 54.3 Å². The van der Waals surface area contributed by atoms with E-state index in [9.17, 15) is 33.9 Å². The molecule has 2 saturated heterocycles. The van der Waals surface area contributed by atoms with Crippen molar-refractivity contribution in [2.75, 3.05) is 13.1 Å². The Morgan fingerprint density at radius 2 is 1.34 bits per heavy atom.